The number of aryl methyl sites for hydroxylation is 1. The second-order valence-corrected chi connectivity index (χ2v) is 9.40. The Balaban J connectivity index is 1.80. The summed E-state index contributed by atoms with van der Waals surface area (Å²) >= 11 is 2.92. The van der Waals surface area contributed by atoms with Gasteiger partial charge in [-0.2, -0.15) is 0 Å². The van der Waals surface area contributed by atoms with Gasteiger partial charge in [0.05, 0.1) is 0 Å². The summed E-state index contributed by atoms with van der Waals surface area (Å²) in [7, 11) is 1.74. The molecule has 0 spiro atoms. The molecule has 0 aliphatic carbocycles. The number of rotatable bonds is 4. The first kappa shape index (κ1) is 18.5. The van der Waals surface area contributed by atoms with Gasteiger partial charge in [0.1, 0.15) is 22.4 Å². The lowest BCUT2D eigenvalue weighted by Crippen LogP contribution is -2.72. The largest absolute Gasteiger partial charge is 0.459 e. The smallest absolute Gasteiger partial charge is 0.316 e. The minimum Gasteiger partial charge on any atom is -0.459 e. The maximum absolute atomic E-state index is 13.0. The zero-order valence-electron chi connectivity index (χ0n) is 14.6. The van der Waals surface area contributed by atoms with Crippen LogP contribution in [0.15, 0.2) is 5.16 Å². The van der Waals surface area contributed by atoms with E-state index < -0.39 is 17.1 Å². The quantitative estimate of drug-likeness (QED) is 0.429. The number of hydrogen-bond acceptors (Lipinski definition) is 9. The summed E-state index contributed by atoms with van der Waals surface area (Å²) < 4.78 is 7.21. The van der Waals surface area contributed by atoms with Crippen LogP contribution in [-0.2, 0) is 21.4 Å². The Morgan fingerprint density at radius 3 is 2.84 bits per heavy atom. The van der Waals surface area contributed by atoms with E-state index in [9.17, 15) is 9.59 Å². The fourth-order valence-electron chi connectivity index (χ4n) is 2.73. The normalized spacial score (nSPS) is 29.2. The van der Waals surface area contributed by atoms with E-state index in [1.165, 1.54) is 23.5 Å². The lowest BCUT2D eigenvalue weighted by molar-refractivity contribution is -0.169. The number of tetrazole rings is 1. The lowest BCUT2D eigenvalue weighted by atomic mass is 9.89. The first-order chi connectivity index (χ1) is 11.6. The maximum Gasteiger partial charge on any atom is 0.316 e. The molecular formula is C14H22N6O3S2. The predicted octanol–water partition coefficient (Wildman–Crippen LogP) is -0.127. The Morgan fingerprint density at radius 2 is 2.24 bits per heavy atom. The molecule has 2 fully saturated rings. The molecule has 0 radical (unpaired) electrons. The van der Waals surface area contributed by atoms with Gasteiger partial charge in [0.25, 0.3) is 0 Å². The van der Waals surface area contributed by atoms with Gasteiger partial charge >= 0.3 is 5.97 Å². The van der Waals surface area contributed by atoms with Gasteiger partial charge in [-0.05, 0) is 31.2 Å². The SMILES string of the molecule is Cn1nnnc1SCC1(C(=O)OC(C)(C)C)CS[C@@H]2C(N)C(=O)N2C1. The molecule has 3 rings (SSSR count). The molecule has 0 aromatic carbocycles. The van der Waals surface area contributed by atoms with E-state index in [-0.39, 0.29) is 17.3 Å². The van der Waals surface area contributed by atoms with Crippen molar-refractivity contribution >= 4 is 35.4 Å². The Hall–Kier alpha value is -1.33. The molecule has 2 aliphatic heterocycles. The lowest BCUT2D eigenvalue weighted by Gasteiger charge is -2.53. The molecule has 3 atom stereocenters. The van der Waals surface area contributed by atoms with Crippen LogP contribution in [0.1, 0.15) is 20.8 Å². The molecule has 1 aromatic heterocycles. The van der Waals surface area contributed by atoms with Crippen LogP contribution in [0.3, 0.4) is 0 Å². The van der Waals surface area contributed by atoms with E-state index >= 15 is 0 Å². The first-order valence-corrected chi connectivity index (χ1v) is 9.93. The van der Waals surface area contributed by atoms with Gasteiger partial charge in [0.15, 0.2) is 0 Å². The number of carbonyl (C=O) groups is 2. The van der Waals surface area contributed by atoms with Crippen LogP contribution in [0.25, 0.3) is 0 Å². The van der Waals surface area contributed by atoms with Crippen molar-refractivity contribution in [3.63, 3.8) is 0 Å². The minimum absolute atomic E-state index is 0.0513. The molecule has 9 nitrogen and oxygen atoms in total. The van der Waals surface area contributed by atoms with Gasteiger partial charge in [-0.15, -0.1) is 16.9 Å². The van der Waals surface area contributed by atoms with Crippen molar-refractivity contribution in [3.8, 4) is 0 Å². The second-order valence-electron chi connectivity index (χ2n) is 7.35. The number of fused-ring (bicyclic) bond motifs is 1. The van der Waals surface area contributed by atoms with Gasteiger partial charge in [-0.25, -0.2) is 4.68 Å². The molecule has 138 valence electrons. The standard InChI is InChI=1S/C14H22N6O3S2/c1-13(2,3)23-11(22)14(7-25-12-16-17-18-19(12)4)5-20-9(21)8(15)10(20)24-6-14/h8,10H,5-7,15H2,1-4H3/t8?,10-,14?/m1/s1. The monoisotopic (exact) mass is 386 g/mol. The molecule has 3 heterocycles. The average Bonchev–Trinajstić information content (AvgIpc) is 2.95. The molecular weight excluding hydrogens is 364 g/mol. The van der Waals surface area contributed by atoms with Gasteiger partial charge in [0, 0.05) is 25.1 Å². The second kappa shape index (κ2) is 6.44. The number of nitrogens with zero attached hydrogens (tertiary/aromatic N) is 5. The fraction of sp³-hybridized carbons (Fsp3) is 0.786. The number of ether oxygens (including phenoxy) is 1. The van der Waals surface area contributed by atoms with E-state index in [2.05, 4.69) is 15.5 Å². The number of amides is 1. The molecule has 2 unspecified atom stereocenters. The van der Waals surface area contributed by atoms with Crippen LogP contribution in [0, 0.1) is 5.41 Å². The average molecular weight is 387 g/mol. The van der Waals surface area contributed by atoms with Crippen molar-refractivity contribution < 1.29 is 14.3 Å². The Morgan fingerprint density at radius 1 is 1.52 bits per heavy atom. The molecule has 2 N–H and O–H groups in total. The molecule has 25 heavy (non-hydrogen) atoms. The summed E-state index contributed by atoms with van der Waals surface area (Å²) in [5.41, 5.74) is 4.43. The zero-order valence-corrected chi connectivity index (χ0v) is 16.3. The van der Waals surface area contributed by atoms with Crippen molar-refractivity contribution in [1.82, 2.24) is 25.1 Å². The number of carbonyl (C=O) groups excluding carboxylic acids is 2. The molecule has 2 saturated heterocycles. The molecule has 1 aromatic rings. The van der Waals surface area contributed by atoms with Crippen molar-refractivity contribution in [3.05, 3.63) is 0 Å². The third-order valence-electron chi connectivity index (χ3n) is 4.08. The van der Waals surface area contributed by atoms with Gasteiger partial charge in [0.2, 0.25) is 11.1 Å². The number of esters is 1. The highest BCUT2D eigenvalue weighted by Gasteiger charge is 2.56. The number of hydrogen-bond donors (Lipinski definition) is 1. The fourth-order valence-corrected chi connectivity index (χ4v) is 5.38. The van der Waals surface area contributed by atoms with Crippen molar-refractivity contribution in [2.45, 2.75) is 42.9 Å². The summed E-state index contributed by atoms with van der Waals surface area (Å²) in [6.07, 6.45) is 0. The number of thioether (sulfide) groups is 2. The van der Waals surface area contributed by atoms with Crippen LogP contribution < -0.4 is 5.73 Å². The minimum atomic E-state index is -0.819. The van der Waals surface area contributed by atoms with Crippen molar-refractivity contribution in [2.24, 2.45) is 18.2 Å². The van der Waals surface area contributed by atoms with Crippen LogP contribution in [0.4, 0.5) is 0 Å². The van der Waals surface area contributed by atoms with Crippen LogP contribution in [0.2, 0.25) is 0 Å². The summed E-state index contributed by atoms with van der Waals surface area (Å²) in [5.74, 6) is 0.550. The van der Waals surface area contributed by atoms with Gasteiger partial charge < -0.3 is 15.4 Å². The highest BCUT2D eigenvalue weighted by molar-refractivity contribution is 8.00. The highest BCUT2D eigenvalue weighted by atomic mass is 32.2. The number of nitrogens with two attached hydrogens (primary N) is 1. The number of aromatic nitrogens is 4. The molecule has 11 heteroatoms. The molecule has 0 bridgehead atoms. The van der Waals surface area contributed by atoms with E-state index in [0.717, 1.165) is 0 Å². The van der Waals surface area contributed by atoms with Crippen LogP contribution >= 0.6 is 23.5 Å². The van der Waals surface area contributed by atoms with E-state index in [4.69, 9.17) is 10.5 Å². The van der Waals surface area contributed by atoms with E-state index in [0.29, 0.717) is 23.2 Å². The summed E-state index contributed by atoms with van der Waals surface area (Å²) in [6, 6.07) is -0.475. The Kier molecular flexibility index (Phi) is 4.75. The number of β-lactam (4-membered cyclic amide) rings is 1. The third kappa shape index (κ3) is 3.49. The Bertz CT molecular complexity index is 690. The third-order valence-corrected chi connectivity index (χ3v) is 6.99. The highest BCUT2D eigenvalue weighted by Crippen LogP contribution is 2.44. The molecule has 1 amide bonds. The topological polar surface area (TPSA) is 116 Å². The summed E-state index contributed by atoms with van der Waals surface area (Å²) in [5, 5.41) is 11.9. The molecule has 2 aliphatic rings. The van der Waals surface area contributed by atoms with Crippen LogP contribution in [-0.4, -0.2) is 72.1 Å². The zero-order chi connectivity index (χ0) is 18.4. The first-order valence-electron chi connectivity index (χ1n) is 7.89. The predicted molar refractivity (Wildman–Crippen MR) is 93.7 cm³/mol. The molecule has 0 saturated carbocycles. The Labute approximate surface area is 154 Å². The van der Waals surface area contributed by atoms with Crippen molar-refractivity contribution in [1.29, 1.82) is 0 Å². The summed E-state index contributed by atoms with van der Waals surface area (Å²) in [6.45, 7) is 5.82. The van der Waals surface area contributed by atoms with E-state index in [1.54, 1.807) is 16.6 Å². The van der Waals surface area contributed by atoms with Gasteiger partial charge in [-0.1, -0.05) is 11.8 Å². The van der Waals surface area contributed by atoms with Gasteiger partial charge in [-0.3, -0.25) is 9.59 Å². The summed E-state index contributed by atoms with van der Waals surface area (Å²) in [4.78, 5) is 26.7. The maximum atomic E-state index is 13.0. The van der Waals surface area contributed by atoms with E-state index in [1.807, 2.05) is 20.8 Å². The van der Waals surface area contributed by atoms with Crippen LogP contribution in [0.5, 0.6) is 0 Å². The van der Waals surface area contributed by atoms with Crippen molar-refractivity contribution in [2.75, 3.05) is 18.1 Å².